The first kappa shape index (κ1) is 13.2. The Morgan fingerprint density at radius 1 is 1.40 bits per heavy atom. The first-order chi connectivity index (χ1) is 9.54. The molecule has 0 spiro atoms. The Hall–Kier alpha value is -1.78. The van der Waals surface area contributed by atoms with Gasteiger partial charge in [0.25, 0.3) is 5.69 Å². The molecule has 0 radical (unpaired) electrons. The van der Waals surface area contributed by atoms with Crippen LogP contribution in [0.5, 0.6) is 0 Å². The Morgan fingerprint density at radius 3 is 2.75 bits per heavy atom. The van der Waals surface area contributed by atoms with Gasteiger partial charge in [0.2, 0.25) is 0 Å². The maximum atomic E-state index is 10.8. The van der Waals surface area contributed by atoms with Gasteiger partial charge in [0.05, 0.1) is 4.92 Å². The van der Waals surface area contributed by atoms with E-state index in [0.29, 0.717) is 6.04 Å². The van der Waals surface area contributed by atoms with Gasteiger partial charge < -0.3 is 11.1 Å². The van der Waals surface area contributed by atoms with Gasteiger partial charge in [-0.15, -0.1) is 0 Å². The molecule has 5 heteroatoms. The average Bonchev–Trinajstić information content (AvgIpc) is 3.00. The summed E-state index contributed by atoms with van der Waals surface area (Å²) in [7, 11) is 0. The lowest BCUT2D eigenvalue weighted by Gasteiger charge is -2.29. The molecule has 108 valence electrons. The molecule has 2 fully saturated rings. The number of nitro benzene ring substituents is 1. The minimum absolute atomic E-state index is 0.0249. The van der Waals surface area contributed by atoms with Crippen molar-refractivity contribution < 1.29 is 4.92 Å². The van der Waals surface area contributed by atoms with Gasteiger partial charge in [0, 0.05) is 17.8 Å². The summed E-state index contributed by atoms with van der Waals surface area (Å²) in [5.41, 5.74) is 6.81. The Kier molecular flexibility index (Phi) is 3.28. The standard InChI is InChI=1S/C15H21N3O2/c1-9(13-7-10-2-3-11(13)6-10)17-12-4-5-15(18(19)20)14(16)8-12/h4-5,8-11,13,17H,2-3,6-7,16H2,1H3. The number of nitrogens with zero attached hydrogens (tertiary/aromatic N) is 1. The Labute approximate surface area is 118 Å². The van der Waals surface area contributed by atoms with Crippen molar-refractivity contribution in [3.63, 3.8) is 0 Å². The second-order valence-electron chi connectivity index (χ2n) is 6.30. The minimum Gasteiger partial charge on any atom is -0.393 e. The third kappa shape index (κ3) is 2.32. The summed E-state index contributed by atoms with van der Waals surface area (Å²) in [6.45, 7) is 2.21. The van der Waals surface area contributed by atoms with Crippen molar-refractivity contribution in [3.8, 4) is 0 Å². The van der Waals surface area contributed by atoms with Crippen LogP contribution in [0.2, 0.25) is 0 Å². The summed E-state index contributed by atoms with van der Waals surface area (Å²) in [6.07, 6.45) is 5.47. The number of hydrogen-bond acceptors (Lipinski definition) is 4. The molecule has 2 saturated carbocycles. The highest BCUT2D eigenvalue weighted by Crippen LogP contribution is 2.49. The van der Waals surface area contributed by atoms with Gasteiger partial charge in [-0.2, -0.15) is 0 Å². The van der Waals surface area contributed by atoms with Crippen molar-refractivity contribution in [2.45, 2.75) is 38.6 Å². The van der Waals surface area contributed by atoms with E-state index >= 15 is 0 Å². The highest BCUT2D eigenvalue weighted by molar-refractivity contribution is 5.66. The number of nitrogens with one attached hydrogen (secondary N) is 1. The van der Waals surface area contributed by atoms with Crippen molar-refractivity contribution >= 4 is 17.1 Å². The van der Waals surface area contributed by atoms with E-state index < -0.39 is 4.92 Å². The monoisotopic (exact) mass is 275 g/mol. The minimum atomic E-state index is -0.446. The molecular formula is C15H21N3O2. The lowest BCUT2D eigenvalue weighted by Crippen LogP contribution is -2.29. The SMILES string of the molecule is CC(Nc1ccc([N+](=O)[O-])c(N)c1)C1CC2CCC1C2. The topological polar surface area (TPSA) is 81.2 Å². The molecule has 2 bridgehead atoms. The lowest BCUT2D eigenvalue weighted by atomic mass is 9.84. The zero-order valence-corrected chi connectivity index (χ0v) is 11.7. The number of nitro groups is 1. The fourth-order valence-electron chi connectivity index (χ4n) is 4.09. The van der Waals surface area contributed by atoms with Crippen LogP contribution in [0.3, 0.4) is 0 Å². The molecule has 4 atom stereocenters. The largest absolute Gasteiger partial charge is 0.393 e. The maximum absolute atomic E-state index is 10.8. The van der Waals surface area contributed by atoms with E-state index in [9.17, 15) is 10.1 Å². The van der Waals surface area contributed by atoms with Gasteiger partial charge in [-0.1, -0.05) is 6.42 Å². The fourth-order valence-corrected chi connectivity index (χ4v) is 4.09. The van der Waals surface area contributed by atoms with E-state index in [4.69, 9.17) is 5.73 Å². The number of hydrogen-bond donors (Lipinski definition) is 2. The predicted octanol–water partition coefficient (Wildman–Crippen LogP) is 3.41. The van der Waals surface area contributed by atoms with E-state index in [1.54, 1.807) is 12.1 Å². The third-order valence-corrected chi connectivity index (χ3v) is 5.05. The van der Waals surface area contributed by atoms with Gasteiger partial charge in [0.1, 0.15) is 5.69 Å². The fraction of sp³-hybridized carbons (Fsp3) is 0.600. The normalized spacial score (nSPS) is 29.4. The van der Waals surface area contributed by atoms with Crippen LogP contribution in [0.15, 0.2) is 18.2 Å². The molecule has 20 heavy (non-hydrogen) atoms. The molecule has 0 amide bonds. The van der Waals surface area contributed by atoms with Gasteiger partial charge >= 0.3 is 0 Å². The lowest BCUT2D eigenvalue weighted by molar-refractivity contribution is -0.383. The van der Waals surface area contributed by atoms with Crippen molar-refractivity contribution in [2.24, 2.45) is 17.8 Å². The van der Waals surface area contributed by atoms with Crippen molar-refractivity contribution in [1.82, 2.24) is 0 Å². The molecule has 0 saturated heterocycles. The molecule has 3 N–H and O–H groups in total. The zero-order chi connectivity index (χ0) is 14.3. The summed E-state index contributed by atoms with van der Waals surface area (Å²) in [4.78, 5) is 10.3. The van der Waals surface area contributed by atoms with Crippen molar-refractivity contribution in [3.05, 3.63) is 28.3 Å². The maximum Gasteiger partial charge on any atom is 0.292 e. The molecule has 2 aliphatic rings. The predicted molar refractivity (Wildman–Crippen MR) is 79.5 cm³/mol. The average molecular weight is 275 g/mol. The number of nitrogen functional groups attached to an aromatic ring is 1. The smallest absolute Gasteiger partial charge is 0.292 e. The molecule has 3 rings (SSSR count). The van der Waals surface area contributed by atoms with Crippen molar-refractivity contribution in [1.29, 1.82) is 0 Å². The number of fused-ring (bicyclic) bond motifs is 2. The van der Waals surface area contributed by atoms with Crippen LogP contribution < -0.4 is 11.1 Å². The van der Waals surface area contributed by atoms with Crippen LogP contribution in [0.25, 0.3) is 0 Å². The van der Waals surface area contributed by atoms with E-state index in [-0.39, 0.29) is 11.4 Å². The first-order valence-electron chi connectivity index (χ1n) is 7.35. The molecule has 0 heterocycles. The van der Waals surface area contributed by atoms with Crippen LogP contribution in [0, 0.1) is 27.9 Å². The van der Waals surface area contributed by atoms with E-state index in [2.05, 4.69) is 12.2 Å². The van der Waals surface area contributed by atoms with E-state index in [1.807, 2.05) is 0 Å². The molecule has 2 aliphatic carbocycles. The molecule has 4 unspecified atom stereocenters. The highest BCUT2D eigenvalue weighted by atomic mass is 16.6. The van der Waals surface area contributed by atoms with Gasteiger partial charge in [0.15, 0.2) is 0 Å². The van der Waals surface area contributed by atoms with Gasteiger partial charge in [-0.25, -0.2) is 0 Å². The van der Waals surface area contributed by atoms with E-state index in [1.165, 1.54) is 31.7 Å². The zero-order valence-electron chi connectivity index (χ0n) is 11.7. The Morgan fingerprint density at radius 2 is 2.20 bits per heavy atom. The van der Waals surface area contributed by atoms with Crippen LogP contribution in [-0.4, -0.2) is 11.0 Å². The second kappa shape index (κ2) is 4.96. The number of anilines is 2. The van der Waals surface area contributed by atoms with E-state index in [0.717, 1.165) is 23.4 Å². The summed E-state index contributed by atoms with van der Waals surface area (Å²) < 4.78 is 0. The summed E-state index contributed by atoms with van der Waals surface area (Å²) in [5.74, 6) is 2.51. The molecule has 5 nitrogen and oxygen atoms in total. The Bertz CT molecular complexity index is 532. The first-order valence-corrected chi connectivity index (χ1v) is 7.35. The van der Waals surface area contributed by atoms with Crippen LogP contribution in [-0.2, 0) is 0 Å². The molecule has 0 aliphatic heterocycles. The number of nitrogens with two attached hydrogens (primary N) is 1. The summed E-state index contributed by atoms with van der Waals surface area (Å²) >= 11 is 0. The summed E-state index contributed by atoms with van der Waals surface area (Å²) in [5, 5.41) is 14.2. The molecule has 1 aromatic carbocycles. The second-order valence-corrected chi connectivity index (χ2v) is 6.30. The number of benzene rings is 1. The third-order valence-electron chi connectivity index (χ3n) is 5.05. The molecule has 1 aromatic rings. The van der Waals surface area contributed by atoms with Crippen molar-refractivity contribution in [2.75, 3.05) is 11.1 Å². The summed E-state index contributed by atoms with van der Waals surface area (Å²) in [6, 6.07) is 5.29. The molecular weight excluding hydrogens is 254 g/mol. The van der Waals surface area contributed by atoms with Gasteiger partial charge in [-0.05, 0) is 56.1 Å². The molecule has 0 aromatic heterocycles. The Balaban J connectivity index is 1.68. The van der Waals surface area contributed by atoms with Crippen LogP contribution in [0.4, 0.5) is 17.1 Å². The highest BCUT2D eigenvalue weighted by Gasteiger charge is 2.41. The van der Waals surface area contributed by atoms with Crippen LogP contribution >= 0.6 is 0 Å². The quantitative estimate of drug-likeness (QED) is 0.501. The number of rotatable bonds is 4. The van der Waals surface area contributed by atoms with Crippen LogP contribution in [0.1, 0.15) is 32.6 Å². The van der Waals surface area contributed by atoms with Gasteiger partial charge in [-0.3, -0.25) is 10.1 Å².